The third-order valence-electron chi connectivity index (χ3n) is 7.29. The summed E-state index contributed by atoms with van der Waals surface area (Å²) in [7, 11) is 0. The number of carbonyl (C=O) groups excluding carboxylic acids is 1. The molecule has 4 fully saturated rings. The number of amides is 1. The Kier molecular flexibility index (Phi) is 3.58. The number of rotatable bonds is 3. The summed E-state index contributed by atoms with van der Waals surface area (Å²) < 4.78 is 1.31. The Balaban J connectivity index is 1.44. The molecule has 1 aromatic heterocycles. The van der Waals surface area contributed by atoms with Crippen molar-refractivity contribution in [2.45, 2.75) is 63.5 Å². The van der Waals surface area contributed by atoms with Gasteiger partial charge in [-0.2, -0.15) is 0 Å². The van der Waals surface area contributed by atoms with E-state index in [-0.39, 0.29) is 17.5 Å². The van der Waals surface area contributed by atoms with Crippen molar-refractivity contribution in [3.05, 3.63) is 34.7 Å². The van der Waals surface area contributed by atoms with Crippen molar-refractivity contribution in [1.29, 1.82) is 0 Å². The van der Waals surface area contributed by atoms with Crippen LogP contribution in [0.1, 0.15) is 61.7 Å². The van der Waals surface area contributed by atoms with Gasteiger partial charge in [0.25, 0.3) is 5.91 Å². The van der Waals surface area contributed by atoms with Gasteiger partial charge in [0.1, 0.15) is 0 Å². The van der Waals surface area contributed by atoms with Gasteiger partial charge in [-0.15, -0.1) is 11.3 Å². The minimum atomic E-state index is 0.0557. The molecule has 4 heterocycles. The van der Waals surface area contributed by atoms with Crippen molar-refractivity contribution in [3.8, 4) is 0 Å². The molecule has 4 aliphatic rings. The highest BCUT2D eigenvalue weighted by Gasteiger charge is 2.48. The van der Waals surface area contributed by atoms with Crippen LogP contribution in [0.4, 0.5) is 0 Å². The first kappa shape index (κ1) is 16.8. The van der Waals surface area contributed by atoms with Crippen LogP contribution < -0.4 is 5.32 Å². The molecule has 26 heavy (non-hydrogen) atoms. The Labute approximate surface area is 159 Å². The molecule has 1 N–H and O–H groups in total. The summed E-state index contributed by atoms with van der Waals surface area (Å²) in [6, 6.07) is 8.90. The standard InChI is InChI=1S/C22H28N2OS/c1-21(2)19(14-7-11-24(21)12-8-14)23-20(25)17-13-15-5-4-6-16(18(15)26-17)22(3)9-10-22/h4-6,13-14,19H,7-12H2,1-3H3,(H,23,25)/t19-/m0/s1. The SMILES string of the molecule is CC1(c2cccc3cc(C(=O)N[C@H]4C5CCN(CC5)C4(C)C)sc23)CC1. The van der Waals surface area contributed by atoms with Crippen LogP contribution in [0.25, 0.3) is 10.1 Å². The van der Waals surface area contributed by atoms with Crippen LogP contribution in [0.3, 0.4) is 0 Å². The fourth-order valence-corrected chi connectivity index (χ4v) is 6.42. The highest BCUT2D eigenvalue weighted by Crippen LogP contribution is 2.51. The van der Waals surface area contributed by atoms with Gasteiger partial charge in [0.15, 0.2) is 0 Å². The Bertz CT molecular complexity index is 871. The predicted octanol–water partition coefficient (Wildman–Crippen LogP) is 4.56. The Morgan fingerprint density at radius 2 is 1.92 bits per heavy atom. The van der Waals surface area contributed by atoms with E-state index in [1.54, 1.807) is 11.3 Å². The first-order valence-corrected chi connectivity index (χ1v) is 10.8. The fraction of sp³-hybridized carbons (Fsp3) is 0.591. The van der Waals surface area contributed by atoms with Gasteiger partial charge in [-0.25, -0.2) is 0 Å². The summed E-state index contributed by atoms with van der Waals surface area (Å²) in [6.45, 7) is 9.28. The number of hydrogen-bond donors (Lipinski definition) is 1. The van der Waals surface area contributed by atoms with E-state index in [2.05, 4.69) is 55.3 Å². The second kappa shape index (κ2) is 5.56. The third-order valence-corrected chi connectivity index (χ3v) is 8.47. The molecule has 0 spiro atoms. The maximum absolute atomic E-state index is 13.1. The molecule has 1 saturated carbocycles. The lowest BCUT2D eigenvalue weighted by Gasteiger charge is -2.56. The molecule has 3 saturated heterocycles. The highest BCUT2D eigenvalue weighted by atomic mass is 32.1. The molecular formula is C22H28N2OS. The van der Waals surface area contributed by atoms with Crippen LogP contribution in [0.2, 0.25) is 0 Å². The molecule has 2 bridgehead atoms. The number of carbonyl (C=O) groups is 1. The minimum Gasteiger partial charge on any atom is -0.346 e. The maximum atomic E-state index is 13.1. The number of thiophene rings is 1. The first-order valence-electron chi connectivity index (χ1n) is 9.97. The predicted molar refractivity (Wildman–Crippen MR) is 108 cm³/mol. The first-order chi connectivity index (χ1) is 12.4. The van der Waals surface area contributed by atoms with Gasteiger partial charge in [0, 0.05) is 16.3 Å². The topological polar surface area (TPSA) is 32.3 Å². The number of hydrogen-bond acceptors (Lipinski definition) is 3. The van der Waals surface area contributed by atoms with Gasteiger partial charge < -0.3 is 5.32 Å². The van der Waals surface area contributed by atoms with Crippen LogP contribution in [-0.2, 0) is 5.41 Å². The van der Waals surface area contributed by atoms with Gasteiger partial charge in [0.2, 0.25) is 0 Å². The third kappa shape index (κ3) is 2.45. The van der Waals surface area contributed by atoms with Gasteiger partial charge in [-0.05, 0) is 81.0 Å². The number of nitrogens with one attached hydrogen (secondary N) is 1. The molecule has 2 aromatic rings. The van der Waals surface area contributed by atoms with E-state index < -0.39 is 0 Å². The molecule has 6 rings (SSSR count). The molecular weight excluding hydrogens is 340 g/mol. The second-order valence-electron chi connectivity index (χ2n) is 9.32. The Morgan fingerprint density at radius 3 is 2.58 bits per heavy atom. The van der Waals surface area contributed by atoms with Crippen molar-refractivity contribution in [3.63, 3.8) is 0 Å². The zero-order valence-corrected chi connectivity index (χ0v) is 16.8. The van der Waals surface area contributed by atoms with E-state index in [9.17, 15) is 4.79 Å². The Hall–Kier alpha value is -1.39. The Morgan fingerprint density at radius 1 is 1.19 bits per heavy atom. The lowest BCUT2D eigenvalue weighted by atomic mass is 9.72. The van der Waals surface area contributed by atoms with Gasteiger partial charge in [-0.3, -0.25) is 9.69 Å². The lowest BCUT2D eigenvalue weighted by Crippen LogP contribution is -2.69. The average molecular weight is 369 g/mol. The summed E-state index contributed by atoms with van der Waals surface area (Å²) >= 11 is 1.68. The molecule has 3 aliphatic heterocycles. The molecule has 1 amide bonds. The van der Waals surface area contributed by atoms with Crippen LogP contribution >= 0.6 is 11.3 Å². The second-order valence-corrected chi connectivity index (χ2v) is 10.4. The van der Waals surface area contributed by atoms with E-state index in [1.165, 1.54) is 54.4 Å². The van der Waals surface area contributed by atoms with Gasteiger partial charge in [0.05, 0.1) is 4.88 Å². The number of nitrogens with zero attached hydrogens (tertiary/aromatic N) is 1. The summed E-state index contributed by atoms with van der Waals surface area (Å²) in [5.74, 6) is 0.735. The summed E-state index contributed by atoms with van der Waals surface area (Å²) in [6.07, 6.45) is 4.95. The van der Waals surface area contributed by atoms with E-state index in [0.29, 0.717) is 11.3 Å². The average Bonchev–Trinajstić information content (AvgIpc) is 3.21. The van der Waals surface area contributed by atoms with Crippen molar-refractivity contribution in [1.82, 2.24) is 10.2 Å². The maximum Gasteiger partial charge on any atom is 0.261 e. The fourth-order valence-electron chi connectivity index (χ4n) is 5.20. The molecule has 1 atom stereocenters. The number of fused-ring (bicyclic) bond motifs is 4. The largest absolute Gasteiger partial charge is 0.346 e. The van der Waals surface area contributed by atoms with Crippen LogP contribution in [0.5, 0.6) is 0 Å². The summed E-state index contributed by atoms with van der Waals surface area (Å²) in [5, 5.41) is 4.64. The van der Waals surface area contributed by atoms with Crippen LogP contribution in [-0.4, -0.2) is 35.5 Å². The zero-order chi connectivity index (χ0) is 18.1. The molecule has 0 unspecified atom stereocenters. The molecule has 0 radical (unpaired) electrons. The normalized spacial score (nSPS) is 31.1. The molecule has 3 nitrogen and oxygen atoms in total. The molecule has 1 aromatic carbocycles. The van der Waals surface area contributed by atoms with Crippen molar-refractivity contribution in [2.75, 3.05) is 13.1 Å². The van der Waals surface area contributed by atoms with Gasteiger partial charge >= 0.3 is 0 Å². The number of piperidine rings is 3. The monoisotopic (exact) mass is 368 g/mol. The minimum absolute atomic E-state index is 0.0557. The van der Waals surface area contributed by atoms with Crippen LogP contribution in [0.15, 0.2) is 24.3 Å². The van der Waals surface area contributed by atoms with Crippen molar-refractivity contribution >= 4 is 27.3 Å². The molecule has 1 aliphatic carbocycles. The molecule has 4 heteroatoms. The zero-order valence-electron chi connectivity index (χ0n) is 16.0. The van der Waals surface area contributed by atoms with E-state index in [1.807, 2.05) is 0 Å². The lowest BCUT2D eigenvalue weighted by molar-refractivity contribution is -0.0377. The van der Waals surface area contributed by atoms with E-state index in [0.717, 1.165) is 4.88 Å². The smallest absolute Gasteiger partial charge is 0.261 e. The van der Waals surface area contributed by atoms with E-state index in [4.69, 9.17) is 0 Å². The van der Waals surface area contributed by atoms with E-state index >= 15 is 0 Å². The number of benzene rings is 1. The quantitative estimate of drug-likeness (QED) is 0.862. The van der Waals surface area contributed by atoms with Crippen molar-refractivity contribution < 1.29 is 4.79 Å². The highest BCUT2D eigenvalue weighted by molar-refractivity contribution is 7.21. The summed E-state index contributed by atoms with van der Waals surface area (Å²) in [4.78, 5) is 16.5. The molecule has 138 valence electrons. The van der Waals surface area contributed by atoms with Crippen molar-refractivity contribution in [2.24, 2.45) is 5.92 Å². The summed E-state index contributed by atoms with van der Waals surface area (Å²) in [5.41, 5.74) is 1.82. The van der Waals surface area contributed by atoms with Crippen LogP contribution in [0, 0.1) is 5.92 Å². The van der Waals surface area contributed by atoms with Gasteiger partial charge in [-0.1, -0.05) is 25.1 Å².